The second-order valence-corrected chi connectivity index (χ2v) is 3.50. The van der Waals surface area contributed by atoms with Gasteiger partial charge in [0.25, 0.3) is 0 Å². The summed E-state index contributed by atoms with van der Waals surface area (Å²) in [6, 6.07) is 2.03. The van der Waals surface area contributed by atoms with E-state index in [0.29, 0.717) is 0 Å². The van der Waals surface area contributed by atoms with Gasteiger partial charge < -0.3 is 5.11 Å². The van der Waals surface area contributed by atoms with E-state index >= 15 is 0 Å². The maximum Gasteiger partial charge on any atom is 0.172 e. The first-order chi connectivity index (χ1) is 5.77. The van der Waals surface area contributed by atoms with Gasteiger partial charge in [0.05, 0.1) is 6.10 Å². The molecule has 0 bridgehead atoms. The van der Waals surface area contributed by atoms with Crippen molar-refractivity contribution in [2.45, 2.75) is 25.4 Å². The van der Waals surface area contributed by atoms with Crippen molar-refractivity contribution in [1.29, 1.82) is 0 Å². The maximum atomic E-state index is 9.64. The molecule has 64 valence electrons. The van der Waals surface area contributed by atoms with Gasteiger partial charge in [-0.1, -0.05) is 0 Å². The van der Waals surface area contributed by atoms with Crippen molar-refractivity contribution in [3.63, 3.8) is 0 Å². The number of aliphatic hydroxyl groups excluding tert-OH is 1. The van der Waals surface area contributed by atoms with Gasteiger partial charge in [-0.15, -0.1) is 0 Å². The number of nitrogens with zero attached hydrogens (tertiary/aromatic N) is 1. The lowest BCUT2D eigenvalue weighted by Gasteiger charge is -2.18. The van der Waals surface area contributed by atoms with Gasteiger partial charge in [0, 0.05) is 11.6 Å². The van der Waals surface area contributed by atoms with Crippen molar-refractivity contribution in [2.75, 3.05) is 0 Å². The van der Waals surface area contributed by atoms with E-state index in [1.54, 1.807) is 0 Å². The Morgan fingerprint density at radius 3 is 3.25 bits per heavy atom. The highest BCUT2D eigenvalue weighted by Gasteiger charge is 2.19. The zero-order chi connectivity index (χ0) is 8.55. The van der Waals surface area contributed by atoms with Crippen LogP contribution in [0.3, 0.4) is 0 Å². The van der Waals surface area contributed by atoms with Crippen LogP contribution in [0.15, 0.2) is 18.5 Å². The molecule has 0 unspecified atom stereocenters. The van der Waals surface area contributed by atoms with Crippen LogP contribution in [0.2, 0.25) is 0 Å². The van der Waals surface area contributed by atoms with E-state index in [9.17, 15) is 5.11 Å². The molecule has 1 N–H and O–H groups in total. The van der Waals surface area contributed by atoms with Gasteiger partial charge in [0.1, 0.15) is 7.05 Å². The smallest absolute Gasteiger partial charge is 0.172 e. The molecule has 0 saturated carbocycles. The summed E-state index contributed by atoms with van der Waals surface area (Å²) < 4.78 is 2.04. The summed E-state index contributed by atoms with van der Waals surface area (Å²) in [6.45, 7) is 0. The number of hydrogen-bond donors (Lipinski definition) is 1. The van der Waals surface area contributed by atoms with Gasteiger partial charge >= 0.3 is 0 Å². The molecule has 0 amide bonds. The van der Waals surface area contributed by atoms with Crippen molar-refractivity contribution < 1.29 is 9.67 Å². The summed E-state index contributed by atoms with van der Waals surface area (Å²) in [4.78, 5) is 0. The monoisotopic (exact) mass is 164 g/mol. The molecular weight excluding hydrogens is 150 g/mol. The van der Waals surface area contributed by atoms with Crippen molar-refractivity contribution in [2.24, 2.45) is 7.05 Å². The molecule has 2 heteroatoms. The predicted octanol–water partition coefficient (Wildman–Crippen LogP) is 0.881. The maximum absolute atomic E-state index is 9.64. The van der Waals surface area contributed by atoms with Crippen LogP contribution in [0.5, 0.6) is 0 Å². The fourth-order valence-electron chi connectivity index (χ4n) is 1.84. The van der Waals surface area contributed by atoms with Gasteiger partial charge in [-0.2, -0.15) is 0 Å². The molecule has 1 aromatic heterocycles. The Kier molecular flexibility index (Phi) is 1.85. The number of pyridine rings is 1. The quantitative estimate of drug-likeness (QED) is 0.565. The van der Waals surface area contributed by atoms with Crippen LogP contribution in [0, 0.1) is 0 Å². The van der Waals surface area contributed by atoms with E-state index < -0.39 is 0 Å². The highest BCUT2D eigenvalue weighted by molar-refractivity contribution is 5.25. The van der Waals surface area contributed by atoms with Crippen LogP contribution in [0.1, 0.15) is 30.1 Å². The Hall–Kier alpha value is -0.890. The Bertz CT molecular complexity index is 296. The van der Waals surface area contributed by atoms with Crippen LogP contribution >= 0.6 is 0 Å². The Morgan fingerprint density at radius 2 is 2.42 bits per heavy atom. The number of rotatable bonds is 0. The Morgan fingerprint density at radius 1 is 1.58 bits per heavy atom. The highest BCUT2D eigenvalue weighted by atomic mass is 16.3. The lowest BCUT2D eigenvalue weighted by atomic mass is 9.91. The second-order valence-electron chi connectivity index (χ2n) is 3.50. The van der Waals surface area contributed by atoms with E-state index in [1.807, 2.05) is 23.9 Å². The zero-order valence-electron chi connectivity index (χ0n) is 7.33. The summed E-state index contributed by atoms with van der Waals surface area (Å²) >= 11 is 0. The number of hydrogen-bond acceptors (Lipinski definition) is 1. The molecule has 1 aliphatic rings. The Labute approximate surface area is 72.5 Å². The number of fused-ring (bicyclic) bond motifs is 1. The van der Waals surface area contributed by atoms with E-state index in [2.05, 4.69) is 6.20 Å². The van der Waals surface area contributed by atoms with Crippen LogP contribution in [0.4, 0.5) is 0 Å². The molecule has 0 aromatic carbocycles. The largest absolute Gasteiger partial charge is 0.388 e. The number of aromatic nitrogens is 1. The summed E-state index contributed by atoms with van der Waals surface area (Å²) in [5.74, 6) is 0. The molecule has 1 aliphatic carbocycles. The van der Waals surface area contributed by atoms with Gasteiger partial charge in [0.15, 0.2) is 12.4 Å². The molecule has 12 heavy (non-hydrogen) atoms. The predicted molar refractivity (Wildman–Crippen MR) is 45.5 cm³/mol. The third-order valence-electron chi connectivity index (χ3n) is 2.50. The van der Waals surface area contributed by atoms with Crippen molar-refractivity contribution in [3.8, 4) is 0 Å². The SMILES string of the molecule is C[n+]1ccc2c(c1)CCC[C@H]2O. The zero-order valence-corrected chi connectivity index (χ0v) is 7.33. The van der Waals surface area contributed by atoms with E-state index in [1.165, 1.54) is 5.56 Å². The third kappa shape index (κ3) is 1.23. The van der Waals surface area contributed by atoms with Gasteiger partial charge in [-0.05, 0) is 24.8 Å². The van der Waals surface area contributed by atoms with E-state index in [0.717, 1.165) is 24.8 Å². The van der Waals surface area contributed by atoms with E-state index in [4.69, 9.17) is 0 Å². The molecule has 1 atom stereocenters. The van der Waals surface area contributed by atoms with Crippen molar-refractivity contribution >= 4 is 0 Å². The normalized spacial score (nSPS) is 22.0. The number of aryl methyl sites for hydroxylation is 2. The van der Waals surface area contributed by atoms with Crippen molar-refractivity contribution in [3.05, 3.63) is 29.6 Å². The average molecular weight is 164 g/mol. The molecule has 0 spiro atoms. The van der Waals surface area contributed by atoms with Gasteiger partial charge in [0.2, 0.25) is 0 Å². The topological polar surface area (TPSA) is 24.1 Å². The van der Waals surface area contributed by atoms with E-state index in [-0.39, 0.29) is 6.10 Å². The third-order valence-corrected chi connectivity index (χ3v) is 2.50. The molecule has 2 nitrogen and oxygen atoms in total. The molecule has 2 rings (SSSR count). The van der Waals surface area contributed by atoms with Gasteiger partial charge in [-0.3, -0.25) is 0 Å². The molecule has 1 aromatic rings. The Balaban J connectivity index is 2.46. The fraction of sp³-hybridized carbons (Fsp3) is 0.500. The van der Waals surface area contributed by atoms with Crippen LogP contribution < -0.4 is 4.57 Å². The molecular formula is C10H14NO+. The summed E-state index contributed by atoms with van der Waals surface area (Å²) in [6.07, 6.45) is 7.01. The highest BCUT2D eigenvalue weighted by Crippen LogP contribution is 2.27. The summed E-state index contributed by atoms with van der Waals surface area (Å²) in [7, 11) is 2.02. The lowest BCUT2D eigenvalue weighted by molar-refractivity contribution is -0.672. The number of aliphatic hydroxyl groups is 1. The summed E-state index contributed by atoms with van der Waals surface area (Å²) in [5, 5.41) is 9.64. The first kappa shape index (κ1) is 7.74. The molecule has 0 aliphatic heterocycles. The second kappa shape index (κ2) is 2.87. The molecule has 0 fully saturated rings. The fourth-order valence-corrected chi connectivity index (χ4v) is 1.84. The van der Waals surface area contributed by atoms with Crippen LogP contribution in [-0.4, -0.2) is 5.11 Å². The molecule has 0 radical (unpaired) electrons. The lowest BCUT2D eigenvalue weighted by Crippen LogP contribution is -2.29. The first-order valence-corrected chi connectivity index (χ1v) is 4.43. The molecule has 1 heterocycles. The standard InChI is InChI=1S/C10H14NO/c1-11-6-5-9-8(7-11)3-2-4-10(9)12/h5-7,10,12H,2-4H2,1H3/q+1/t10-/m1/s1. The van der Waals surface area contributed by atoms with Crippen LogP contribution in [0.25, 0.3) is 0 Å². The minimum Gasteiger partial charge on any atom is -0.388 e. The van der Waals surface area contributed by atoms with Crippen LogP contribution in [-0.2, 0) is 13.5 Å². The minimum absolute atomic E-state index is 0.227. The average Bonchev–Trinajstić information content (AvgIpc) is 2.04. The molecule has 0 saturated heterocycles. The summed E-state index contributed by atoms with van der Waals surface area (Å²) in [5.41, 5.74) is 2.43. The minimum atomic E-state index is -0.227. The van der Waals surface area contributed by atoms with Gasteiger partial charge in [-0.25, -0.2) is 4.57 Å². The van der Waals surface area contributed by atoms with Crippen molar-refractivity contribution in [1.82, 2.24) is 0 Å². The first-order valence-electron chi connectivity index (χ1n) is 4.43.